The third-order valence-corrected chi connectivity index (χ3v) is 4.34. The topological polar surface area (TPSA) is 64.6 Å². The molecule has 1 saturated heterocycles. The Labute approximate surface area is 139 Å². The SMILES string of the molecule is Cc1cccc(NC2CCN(C(=O)NC(C)CCCO)CC2)c1. The molecule has 0 saturated carbocycles. The smallest absolute Gasteiger partial charge is 0.317 e. The van der Waals surface area contributed by atoms with Crippen LogP contribution in [-0.4, -0.2) is 47.8 Å². The second-order valence-electron chi connectivity index (χ2n) is 6.49. The number of amides is 2. The molecular weight excluding hydrogens is 290 g/mol. The zero-order chi connectivity index (χ0) is 16.7. The Kier molecular flexibility index (Phi) is 6.71. The summed E-state index contributed by atoms with van der Waals surface area (Å²) in [5, 5.41) is 15.4. The summed E-state index contributed by atoms with van der Waals surface area (Å²) < 4.78 is 0. The highest BCUT2D eigenvalue weighted by Gasteiger charge is 2.23. The van der Waals surface area contributed by atoms with Crippen molar-refractivity contribution in [1.29, 1.82) is 0 Å². The zero-order valence-electron chi connectivity index (χ0n) is 14.2. The van der Waals surface area contributed by atoms with E-state index in [1.54, 1.807) is 0 Å². The predicted octanol–water partition coefficient (Wildman–Crippen LogP) is 2.74. The molecule has 23 heavy (non-hydrogen) atoms. The Morgan fingerprint density at radius 2 is 2.13 bits per heavy atom. The van der Waals surface area contributed by atoms with E-state index in [1.807, 2.05) is 11.8 Å². The van der Waals surface area contributed by atoms with Gasteiger partial charge in [-0.15, -0.1) is 0 Å². The molecular formula is C18H29N3O2. The van der Waals surface area contributed by atoms with Crippen LogP contribution < -0.4 is 10.6 Å². The van der Waals surface area contributed by atoms with Crippen molar-refractivity contribution in [3.63, 3.8) is 0 Å². The highest BCUT2D eigenvalue weighted by atomic mass is 16.3. The van der Waals surface area contributed by atoms with Crippen LogP contribution in [0, 0.1) is 6.92 Å². The monoisotopic (exact) mass is 319 g/mol. The minimum Gasteiger partial charge on any atom is -0.396 e. The lowest BCUT2D eigenvalue weighted by atomic mass is 10.0. The van der Waals surface area contributed by atoms with E-state index < -0.39 is 0 Å². The van der Waals surface area contributed by atoms with E-state index in [9.17, 15) is 4.79 Å². The summed E-state index contributed by atoms with van der Waals surface area (Å²) in [6.07, 6.45) is 3.47. The average Bonchev–Trinajstić information content (AvgIpc) is 2.53. The largest absolute Gasteiger partial charge is 0.396 e. The number of carbonyl (C=O) groups excluding carboxylic acids is 1. The van der Waals surface area contributed by atoms with Gasteiger partial charge in [0.05, 0.1) is 0 Å². The number of aliphatic hydroxyl groups excluding tert-OH is 1. The molecule has 1 unspecified atom stereocenters. The Morgan fingerprint density at radius 3 is 2.78 bits per heavy atom. The molecule has 0 radical (unpaired) electrons. The lowest BCUT2D eigenvalue weighted by molar-refractivity contribution is 0.179. The number of urea groups is 1. The van der Waals surface area contributed by atoms with Crippen LogP contribution in [0.5, 0.6) is 0 Å². The first-order valence-electron chi connectivity index (χ1n) is 8.58. The lowest BCUT2D eigenvalue weighted by Crippen LogP contribution is -2.49. The van der Waals surface area contributed by atoms with Crippen molar-refractivity contribution in [2.75, 3.05) is 25.0 Å². The van der Waals surface area contributed by atoms with Gasteiger partial charge in [-0.1, -0.05) is 12.1 Å². The van der Waals surface area contributed by atoms with Crippen LogP contribution in [0.15, 0.2) is 24.3 Å². The van der Waals surface area contributed by atoms with Crippen molar-refractivity contribution in [1.82, 2.24) is 10.2 Å². The molecule has 1 aliphatic heterocycles. The number of nitrogens with zero attached hydrogens (tertiary/aromatic N) is 1. The number of hydrogen-bond acceptors (Lipinski definition) is 3. The van der Waals surface area contributed by atoms with Crippen molar-refractivity contribution in [2.45, 2.75) is 51.6 Å². The molecule has 128 valence electrons. The molecule has 1 aliphatic rings. The molecule has 0 bridgehead atoms. The summed E-state index contributed by atoms with van der Waals surface area (Å²) in [7, 11) is 0. The molecule has 1 aromatic rings. The Morgan fingerprint density at radius 1 is 1.39 bits per heavy atom. The summed E-state index contributed by atoms with van der Waals surface area (Å²) in [6.45, 7) is 5.82. The van der Waals surface area contributed by atoms with Gasteiger partial charge in [0.1, 0.15) is 0 Å². The van der Waals surface area contributed by atoms with E-state index in [2.05, 4.69) is 41.8 Å². The van der Waals surface area contributed by atoms with E-state index in [0.29, 0.717) is 6.04 Å². The number of anilines is 1. The maximum absolute atomic E-state index is 12.2. The summed E-state index contributed by atoms with van der Waals surface area (Å²) in [5.74, 6) is 0. The van der Waals surface area contributed by atoms with E-state index in [0.717, 1.165) is 44.5 Å². The van der Waals surface area contributed by atoms with Crippen molar-refractivity contribution in [3.05, 3.63) is 29.8 Å². The number of carbonyl (C=O) groups is 1. The molecule has 0 spiro atoms. The number of aliphatic hydroxyl groups is 1. The quantitative estimate of drug-likeness (QED) is 0.755. The number of benzene rings is 1. The Hall–Kier alpha value is -1.75. The number of rotatable bonds is 6. The van der Waals surface area contributed by atoms with Gasteiger partial charge in [0.2, 0.25) is 0 Å². The fourth-order valence-corrected chi connectivity index (χ4v) is 2.97. The van der Waals surface area contributed by atoms with Crippen LogP contribution >= 0.6 is 0 Å². The fraction of sp³-hybridized carbons (Fsp3) is 0.611. The first kappa shape index (κ1) is 17.6. The minimum atomic E-state index is 0.0180. The van der Waals surface area contributed by atoms with Gasteiger partial charge in [-0.2, -0.15) is 0 Å². The summed E-state index contributed by atoms with van der Waals surface area (Å²) in [6, 6.07) is 8.95. The highest BCUT2D eigenvalue weighted by Crippen LogP contribution is 2.17. The van der Waals surface area contributed by atoms with Gasteiger partial charge >= 0.3 is 6.03 Å². The van der Waals surface area contributed by atoms with Gasteiger partial charge in [-0.25, -0.2) is 4.79 Å². The second kappa shape index (κ2) is 8.77. The van der Waals surface area contributed by atoms with Crippen molar-refractivity contribution in [3.8, 4) is 0 Å². The molecule has 0 aliphatic carbocycles. The van der Waals surface area contributed by atoms with Gasteiger partial charge in [0.15, 0.2) is 0 Å². The minimum absolute atomic E-state index is 0.0180. The van der Waals surface area contributed by atoms with Gasteiger partial charge in [0.25, 0.3) is 0 Å². The van der Waals surface area contributed by atoms with Gasteiger partial charge < -0.3 is 20.6 Å². The number of likely N-dealkylation sites (tertiary alicyclic amines) is 1. The highest BCUT2D eigenvalue weighted by molar-refractivity contribution is 5.74. The predicted molar refractivity (Wildman–Crippen MR) is 93.7 cm³/mol. The van der Waals surface area contributed by atoms with E-state index in [1.165, 1.54) is 5.56 Å². The standard InChI is InChI=1S/C18H29N3O2/c1-14-5-3-7-17(13-14)20-16-8-10-21(11-9-16)18(23)19-15(2)6-4-12-22/h3,5,7,13,15-16,20,22H,4,6,8-12H2,1-2H3,(H,19,23). The van der Waals surface area contributed by atoms with Crippen molar-refractivity contribution >= 4 is 11.7 Å². The van der Waals surface area contributed by atoms with E-state index in [4.69, 9.17) is 5.11 Å². The summed E-state index contributed by atoms with van der Waals surface area (Å²) in [5.41, 5.74) is 2.41. The molecule has 2 rings (SSSR count). The van der Waals surface area contributed by atoms with Crippen LogP contribution in [0.2, 0.25) is 0 Å². The molecule has 2 amide bonds. The average molecular weight is 319 g/mol. The number of nitrogens with one attached hydrogen (secondary N) is 2. The maximum Gasteiger partial charge on any atom is 0.317 e. The summed E-state index contributed by atoms with van der Waals surface area (Å²) in [4.78, 5) is 14.1. The molecule has 3 N–H and O–H groups in total. The number of aryl methyl sites for hydroxylation is 1. The molecule has 5 nitrogen and oxygen atoms in total. The van der Waals surface area contributed by atoms with Crippen molar-refractivity contribution in [2.24, 2.45) is 0 Å². The molecule has 0 aromatic heterocycles. The van der Waals surface area contributed by atoms with Gasteiger partial charge in [-0.05, 0) is 57.2 Å². The van der Waals surface area contributed by atoms with Gasteiger partial charge in [-0.3, -0.25) is 0 Å². The van der Waals surface area contributed by atoms with E-state index >= 15 is 0 Å². The molecule has 1 atom stereocenters. The van der Waals surface area contributed by atoms with E-state index in [-0.39, 0.29) is 18.7 Å². The maximum atomic E-state index is 12.2. The van der Waals surface area contributed by atoms with Crippen LogP contribution in [0.3, 0.4) is 0 Å². The third-order valence-electron chi connectivity index (χ3n) is 4.34. The molecule has 1 fully saturated rings. The van der Waals surface area contributed by atoms with Crippen LogP contribution in [0.1, 0.15) is 38.2 Å². The molecule has 1 heterocycles. The van der Waals surface area contributed by atoms with Gasteiger partial charge in [0, 0.05) is 37.5 Å². The molecule has 5 heteroatoms. The van der Waals surface area contributed by atoms with Crippen molar-refractivity contribution < 1.29 is 9.90 Å². The second-order valence-corrected chi connectivity index (χ2v) is 6.49. The van der Waals surface area contributed by atoms with Crippen LogP contribution in [0.4, 0.5) is 10.5 Å². The van der Waals surface area contributed by atoms with Crippen LogP contribution in [-0.2, 0) is 0 Å². The zero-order valence-corrected chi connectivity index (χ0v) is 14.2. The normalized spacial score (nSPS) is 16.9. The first-order chi connectivity index (χ1) is 11.1. The summed E-state index contributed by atoms with van der Waals surface area (Å²) >= 11 is 0. The third kappa shape index (κ3) is 5.75. The Bertz CT molecular complexity index is 499. The fourth-order valence-electron chi connectivity index (χ4n) is 2.97. The van der Waals surface area contributed by atoms with Crippen LogP contribution in [0.25, 0.3) is 0 Å². The number of piperidine rings is 1. The Balaban J connectivity index is 1.74. The number of hydrogen-bond donors (Lipinski definition) is 3. The lowest BCUT2D eigenvalue weighted by Gasteiger charge is -2.33. The molecule has 1 aromatic carbocycles. The first-order valence-corrected chi connectivity index (χ1v) is 8.58.